The van der Waals surface area contributed by atoms with Gasteiger partial charge in [0.15, 0.2) is 0 Å². The number of carbonyl (C=O) groups excluding carboxylic acids is 1. The second kappa shape index (κ2) is 7.42. The van der Waals surface area contributed by atoms with Gasteiger partial charge in [0, 0.05) is 12.2 Å². The summed E-state index contributed by atoms with van der Waals surface area (Å²) in [5.74, 6) is 0.318. The molecule has 116 valence electrons. The lowest BCUT2D eigenvalue weighted by Gasteiger charge is -2.13. The zero-order valence-electron chi connectivity index (χ0n) is 12.0. The Kier molecular flexibility index (Phi) is 5.32. The van der Waals surface area contributed by atoms with E-state index in [4.69, 9.17) is 4.74 Å². The second-order valence-corrected chi connectivity index (χ2v) is 4.63. The highest BCUT2D eigenvalue weighted by atomic mass is 19.1. The zero-order chi connectivity index (χ0) is 15.9. The van der Waals surface area contributed by atoms with Crippen LogP contribution < -0.4 is 15.4 Å². The largest absolute Gasteiger partial charge is 0.497 e. The van der Waals surface area contributed by atoms with E-state index in [9.17, 15) is 14.3 Å². The van der Waals surface area contributed by atoms with Crippen molar-refractivity contribution in [3.05, 3.63) is 59.9 Å². The molecule has 2 aromatic carbocycles. The molecule has 0 fully saturated rings. The average molecular weight is 304 g/mol. The van der Waals surface area contributed by atoms with Gasteiger partial charge in [0.2, 0.25) is 0 Å². The fourth-order valence-corrected chi connectivity index (χ4v) is 1.84. The van der Waals surface area contributed by atoms with Crippen molar-refractivity contribution in [2.24, 2.45) is 0 Å². The summed E-state index contributed by atoms with van der Waals surface area (Å²) in [7, 11) is 1.56. The number of hydrogen-bond acceptors (Lipinski definition) is 3. The minimum absolute atomic E-state index is 0.0214. The first-order valence-corrected chi connectivity index (χ1v) is 6.71. The highest BCUT2D eigenvalue weighted by Gasteiger charge is 2.09. The van der Waals surface area contributed by atoms with Crippen LogP contribution in [0.25, 0.3) is 0 Å². The Labute approximate surface area is 127 Å². The van der Waals surface area contributed by atoms with Gasteiger partial charge in [0.05, 0.1) is 13.2 Å². The minimum atomic E-state index is -0.901. The quantitative estimate of drug-likeness (QED) is 0.795. The van der Waals surface area contributed by atoms with Gasteiger partial charge in [-0.05, 0) is 42.0 Å². The van der Waals surface area contributed by atoms with Crippen LogP contribution in [0.2, 0.25) is 0 Å². The van der Waals surface area contributed by atoms with Crippen molar-refractivity contribution in [3.63, 3.8) is 0 Å². The van der Waals surface area contributed by atoms with Crippen LogP contribution in [0.3, 0.4) is 0 Å². The van der Waals surface area contributed by atoms with Crippen LogP contribution >= 0.6 is 0 Å². The summed E-state index contributed by atoms with van der Waals surface area (Å²) in [6.45, 7) is 0.0214. The first-order valence-electron chi connectivity index (χ1n) is 6.71. The molecule has 0 bridgehead atoms. The van der Waals surface area contributed by atoms with Crippen molar-refractivity contribution in [1.82, 2.24) is 5.32 Å². The smallest absolute Gasteiger partial charge is 0.319 e. The molecule has 0 saturated carbocycles. The fourth-order valence-electron chi connectivity index (χ4n) is 1.84. The predicted octanol–water partition coefficient (Wildman–Crippen LogP) is 2.69. The van der Waals surface area contributed by atoms with E-state index in [0.29, 0.717) is 17.0 Å². The molecule has 0 aliphatic heterocycles. The molecule has 0 spiro atoms. The normalized spacial score (nSPS) is 11.6. The Balaban J connectivity index is 1.82. The Hall–Kier alpha value is -2.60. The number of ether oxygens (including phenoxy) is 1. The Morgan fingerprint density at radius 2 is 1.82 bits per heavy atom. The molecule has 0 radical (unpaired) electrons. The van der Waals surface area contributed by atoms with Crippen LogP contribution in [0, 0.1) is 5.82 Å². The van der Waals surface area contributed by atoms with E-state index >= 15 is 0 Å². The first kappa shape index (κ1) is 15.8. The Bertz CT molecular complexity index is 614. The number of amides is 2. The number of hydrogen-bond donors (Lipinski definition) is 3. The lowest BCUT2D eigenvalue weighted by atomic mass is 10.1. The summed E-state index contributed by atoms with van der Waals surface area (Å²) in [6.07, 6.45) is -0.901. The van der Waals surface area contributed by atoms with Gasteiger partial charge in [-0.3, -0.25) is 0 Å². The number of halogens is 1. The maximum atomic E-state index is 12.8. The molecule has 0 heterocycles. The number of rotatable bonds is 5. The number of benzene rings is 2. The van der Waals surface area contributed by atoms with E-state index in [1.54, 1.807) is 31.4 Å². The third-order valence-corrected chi connectivity index (χ3v) is 3.06. The SMILES string of the molecule is COc1ccc(NC(=O)NC[C@@H](O)c2ccc(F)cc2)cc1. The molecule has 0 unspecified atom stereocenters. The van der Waals surface area contributed by atoms with Gasteiger partial charge in [-0.15, -0.1) is 0 Å². The van der Waals surface area contributed by atoms with E-state index in [1.807, 2.05) is 0 Å². The minimum Gasteiger partial charge on any atom is -0.497 e. The molecule has 0 aliphatic carbocycles. The molecule has 3 N–H and O–H groups in total. The lowest BCUT2D eigenvalue weighted by molar-refractivity contribution is 0.175. The number of carbonyl (C=O) groups is 1. The summed E-state index contributed by atoms with van der Waals surface area (Å²) in [5.41, 5.74) is 1.14. The van der Waals surface area contributed by atoms with Crippen LogP contribution in [-0.4, -0.2) is 24.8 Å². The highest BCUT2D eigenvalue weighted by molar-refractivity contribution is 5.89. The Morgan fingerprint density at radius 1 is 1.18 bits per heavy atom. The summed E-state index contributed by atoms with van der Waals surface area (Å²) < 4.78 is 17.8. The molecule has 22 heavy (non-hydrogen) atoms. The van der Waals surface area contributed by atoms with Crippen LogP contribution in [0.15, 0.2) is 48.5 Å². The van der Waals surface area contributed by atoms with Crippen molar-refractivity contribution in [1.29, 1.82) is 0 Å². The van der Waals surface area contributed by atoms with E-state index in [-0.39, 0.29) is 12.4 Å². The molecule has 5 nitrogen and oxygen atoms in total. The van der Waals surface area contributed by atoms with Gasteiger partial charge in [-0.2, -0.15) is 0 Å². The molecule has 2 amide bonds. The molecule has 0 aromatic heterocycles. The first-order chi connectivity index (χ1) is 10.6. The molecular formula is C16H17FN2O3. The van der Waals surface area contributed by atoms with Crippen LogP contribution in [0.5, 0.6) is 5.75 Å². The summed E-state index contributed by atoms with van der Waals surface area (Å²) in [4.78, 5) is 11.7. The van der Waals surface area contributed by atoms with Crippen molar-refractivity contribution in [2.45, 2.75) is 6.10 Å². The van der Waals surface area contributed by atoms with E-state index in [2.05, 4.69) is 10.6 Å². The third-order valence-electron chi connectivity index (χ3n) is 3.06. The number of aliphatic hydroxyl groups excluding tert-OH is 1. The monoisotopic (exact) mass is 304 g/mol. The molecular weight excluding hydrogens is 287 g/mol. The molecule has 0 aliphatic rings. The molecule has 2 rings (SSSR count). The number of aliphatic hydroxyl groups is 1. The van der Waals surface area contributed by atoms with Crippen molar-refractivity contribution in [2.75, 3.05) is 19.0 Å². The molecule has 2 aromatic rings. The summed E-state index contributed by atoms with van der Waals surface area (Å²) >= 11 is 0. The van der Waals surface area contributed by atoms with Gasteiger partial charge < -0.3 is 20.5 Å². The summed E-state index contributed by atoms with van der Waals surface area (Å²) in [6, 6.07) is 11.9. The predicted molar refractivity (Wildman–Crippen MR) is 81.4 cm³/mol. The maximum absolute atomic E-state index is 12.8. The van der Waals surface area contributed by atoms with Gasteiger partial charge in [0.25, 0.3) is 0 Å². The van der Waals surface area contributed by atoms with E-state index in [1.165, 1.54) is 24.3 Å². The van der Waals surface area contributed by atoms with Crippen LogP contribution in [0.4, 0.5) is 14.9 Å². The second-order valence-electron chi connectivity index (χ2n) is 4.63. The van der Waals surface area contributed by atoms with Gasteiger partial charge in [-0.1, -0.05) is 12.1 Å². The number of nitrogens with one attached hydrogen (secondary N) is 2. The number of urea groups is 1. The zero-order valence-corrected chi connectivity index (χ0v) is 12.0. The number of anilines is 1. The lowest BCUT2D eigenvalue weighted by Crippen LogP contribution is -2.32. The van der Waals surface area contributed by atoms with Gasteiger partial charge >= 0.3 is 6.03 Å². The average Bonchev–Trinajstić information content (AvgIpc) is 2.54. The maximum Gasteiger partial charge on any atom is 0.319 e. The summed E-state index contributed by atoms with van der Waals surface area (Å²) in [5, 5.41) is 15.1. The standard InChI is InChI=1S/C16H17FN2O3/c1-22-14-8-6-13(7-9-14)19-16(21)18-10-15(20)11-2-4-12(17)5-3-11/h2-9,15,20H,10H2,1H3,(H2,18,19,21)/t15-/m1/s1. The van der Waals surface area contributed by atoms with Crippen molar-refractivity contribution in [3.8, 4) is 5.75 Å². The van der Waals surface area contributed by atoms with Gasteiger partial charge in [-0.25, -0.2) is 9.18 Å². The van der Waals surface area contributed by atoms with Crippen molar-refractivity contribution < 1.29 is 19.0 Å². The molecule has 0 saturated heterocycles. The molecule has 6 heteroatoms. The topological polar surface area (TPSA) is 70.6 Å². The van der Waals surface area contributed by atoms with E-state index in [0.717, 1.165) is 0 Å². The van der Waals surface area contributed by atoms with Crippen molar-refractivity contribution >= 4 is 11.7 Å². The Morgan fingerprint density at radius 3 is 2.41 bits per heavy atom. The van der Waals surface area contributed by atoms with Crippen LogP contribution in [0.1, 0.15) is 11.7 Å². The van der Waals surface area contributed by atoms with Crippen LogP contribution in [-0.2, 0) is 0 Å². The van der Waals surface area contributed by atoms with E-state index < -0.39 is 12.1 Å². The highest BCUT2D eigenvalue weighted by Crippen LogP contribution is 2.15. The third kappa shape index (κ3) is 4.46. The fraction of sp³-hybridized carbons (Fsp3) is 0.188. The molecule has 1 atom stereocenters. The van der Waals surface area contributed by atoms with Gasteiger partial charge in [0.1, 0.15) is 11.6 Å². The number of methoxy groups -OCH3 is 1.